The van der Waals surface area contributed by atoms with Gasteiger partial charge in [-0.05, 0) is 24.4 Å². The molecule has 1 aliphatic rings. The number of aliphatic hydroxyl groups is 1. The molecule has 17 heavy (non-hydrogen) atoms. The third-order valence-electron chi connectivity index (χ3n) is 3.21. The van der Waals surface area contributed by atoms with Crippen molar-refractivity contribution in [2.24, 2.45) is 5.92 Å². The predicted molar refractivity (Wildman–Crippen MR) is 67.7 cm³/mol. The minimum atomic E-state index is 0.125. The molecule has 1 aliphatic heterocycles. The summed E-state index contributed by atoms with van der Waals surface area (Å²) in [7, 11) is 0. The number of rotatable bonds is 6. The number of hydrogen-bond donors (Lipinski definition) is 1. The summed E-state index contributed by atoms with van der Waals surface area (Å²) in [4.78, 5) is 2.47. The molecule has 1 fully saturated rings. The lowest BCUT2D eigenvalue weighted by Crippen LogP contribution is -2.21. The van der Waals surface area contributed by atoms with Crippen molar-refractivity contribution in [3.63, 3.8) is 0 Å². The fraction of sp³-hybridized carbons (Fsp3) is 0.571. The van der Waals surface area contributed by atoms with Gasteiger partial charge in [0.2, 0.25) is 0 Å². The lowest BCUT2D eigenvalue weighted by molar-refractivity contribution is 0.0691. The van der Waals surface area contributed by atoms with E-state index in [-0.39, 0.29) is 6.61 Å². The molecule has 1 saturated heterocycles. The van der Waals surface area contributed by atoms with Crippen LogP contribution in [0.1, 0.15) is 12.0 Å². The first-order chi connectivity index (χ1) is 8.38. The molecule has 1 heterocycles. The summed E-state index contributed by atoms with van der Waals surface area (Å²) in [5.41, 5.74) is 1.38. The van der Waals surface area contributed by atoms with Gasteiger partial charge < -0.3 is 9.84 Å². The van der Waals surface area contributed by atoms with Gasteiger partial charge >= 0.3 is 0 Å². The molecule has 2 rings (SSSR count). The van der Waals surface area contributed by atoms with Crippen molar-refractivity contribution in [3.05, 3.63) is 35.9 Å². The Morgan fingerprint density at radius 2 is 2.12 bits per heavy atom. The van der Waals surface area contributed by atoms with Gasteiger partial charge in [0.25, 0.3) is 0 Å². The van der Waals surface area contributed by atoms with Crippen LogP contribution in [0.25, 0.3) is 0 Å². The van der Waals surface area contributed by atoms with Gasteiger partial charge in [0, 0.05) is 13.1 Å². The van der Waals surface area contributed by atoms with Crippen LogP contribution in [0.4, 0.5) is 0 Å². The van der Waals surface area contributed by atoms with Crippen molar-refractivity contribution in [3.8, 4) is 0 Å². The van der Waals surface area contributed by atoms with Crippen LogP contribution in [0.15, 0.2) is 30.3 Å². The molecule has 0 aliphatic carbocycles. The summed E-state index contributed by atoms with van der Waals surface area (Å²) < 4.78 is 5.39. The summed E-state index contributed by atoms with van der Waals surface area (Å²) in [5, 5.41) is 8.65. The number of nitrogens with zero attached hydrogens (tertiary/aromatic N) is 1. The Hall–Kier alpha value is -0.900. The smallest absolute Gasteiger partial charge is 0.0697 e. The molecule has 1 aromatic carbocycles. The van der Waals surface area contributed by atoms with Crippen LogP contribution in [0, 0.1) is 5.92 Å². The summed E-state index contributed by atoms with van der Waals surface area (Å²) in [6, 6.07) is 10.6. The number of hydrogen-bond acceptors (Lipinski definition) is 3. The number of likely N-dealkylation sites (tertiary alicyclic amines) is 1. The Kier molecular flexibility index (Phi) is 4.98. The summed E-state index contributed by atoms with van der Waals surface area (Å²) >= 11 is 0. The van der Waals surface area contributed by atoms with E-state index in [1.165, 1.54) is 12.0 Å². The second-order valence-corrected chi connectivity index (χ2v) is 4.67. The van der Waals surface area contributed by atoms with Gasteiger partial charge in [-0.15, -0.1) is 0 Å². The number of ether oxygens (including phenoxy) is 1. The van der Waals surface area contributed by atoms with Crippen molar-refractivity contribution in [1.82, 2.24) is 4.90 Å². The van der Waals surface area contributed by atoms with Gasteiger partial charge in [-0.2, -0.15) is 0 Å². The van der Waals surface area contributed by atoms with Crippen molar-refractivity contribution >= 4 is 0 Å². The minimum absolute atomic E-state index is 0.125. The maximum absolute atomic E-state index is 8.65. The second-order valence-electron chi connectivity index (χ2n) is 4.67. The average molecular weight is 235 g/mol. The van der Waals surface area contributed by atoms with E-state index >= 15 is 0 Å². The lowest BCUT2D eigenvalue weighted by Gasteiger charge is -2.16. The van der Waals surface area contributed by atoms with E-state index in [0.29, 0.717) is 12.5 Å². The number of benzene rings is 1. The molecule has 0 saturated carbocycles. The molecule has 0 spiro atoms. The first-order valence-corrected chi connectivity index (χ1v) is 6.33. The largest absolute Gasteiger partial charge is 0.394 e. The van der Waals surface area contributed by atoms with Crippen molar-refractivity contribution < 1.29 is 9.84 Å². The summed E-state index contributed by atoms with van der Waals surface area (Å²) in [6.45, 7) is 4.68. The first kappa shape index (κ1) is 12.6. The standard InChI is InChI=1S/C14H21NO2/c16-8-9-17-12-14-6-7-15(11-14)10-13-4-2-1-3-5-13/h1-5,14,16H,6-12H2/t14-/m1/s1. The second kappa shape index (κ2) is 6.74. The van der Waals surface area contributed by atoms with Crippen LogP contribution in [0.5, 0.6) is 0 Å². The first-order valence-electron chi connectivity index (χ1n) is 6.33. The minimum Gasteiger partial charge on any atom is -0.394 e. The Labute approximate surface area is 103 Å². The van der Waals surface area contributed by atoms with E-state index in [1.807, 2.05) is 0 Å². The molecule has 3 heteroatoms. The zero-order valence-electron chi connectivity index (χ0n) is 10.2. The summed E-state index contributed by atoms with van der Waals surface area (Å²) in [6.07, 6.45) is 1.21. The molecule has 0 unspecified atom stereocenters. The summed E-state index contributed by atoms with van der Waals surface area (Å²) in [5.74, 6) is 0.630. The third kappa shape index (κ3) is 4.11. The predicted octanol–water partition coefficient (Wildman–Crippen LogP) is 1.52. The van der Waals surface area contributed by atoms with Crippen molar-refractivity contribution in [2.45, 2.75) is 13.0 Å². The molecule has 1 aromatic rings. The molecule has 0 bridgehead atoms. The molecule has 94 valence electrons. The maximum Gasteiger partial charge on any atom is 0.0697 e. The Morgan fingerprint density at radius 1 is 1.29 bits per heavy atom. The zero-order valence-corrected chi connectivity index (χ0v) is 10.2. The van der Waals surface area contributed by atoms with Gasteiger partial charge in [-0.3, -0.25) is 4.90 Å². The van der Waals surface area contributed by atoms with Crippen LogP contribution in [-0.2, 0) is 11.3 Å². The van der Waals surface area contributed by atoms with E-state index in [2.05, 4.69) is 35.2 Å². The van der Waals surface area contributed by atoms with Crippen LogP contribution < -0.4 is 0 Å². The normalized spacial score (nSPS) is 20.9. The third-order valence-corrected chi connectivity index (χ3v) is 3.21. The zero-order chi connectivity index (χ0) is 11.9. The maximum atomic E-state index is 8.65. The fourth-order valence-electron chi connectivity index (χ4n) is 2.35. The molecular formula is C14H21NO2. The molecular weight excluding hydrogens is 214 g/mol. The van der Waals surface area contributed by atoms with Gasteiger partial charge in [-0.25, -0.2) is 0 Å². The van der Waals surface area contributed by atoms with Gasteiger partial charge in [0.05, 0.1) is 19.8 Å². The van der Waals surface area contributed by atoms with Gasteiger partial charge in [0.1, 0.15) is 0 Å². The molecule has 1 N–H and O–H groups in total. The molecule has 0 amide bonds. The van der Waals surface area contributed by atoms with Crippen LogP contribution in [0.3, 0.4) is 0 Å². The molecule has 3 nitrogen and oxygen atoms in total. The molecule has 1 atom stereocenters. The van der Waals surface area contributed by atoms with Crippen LogP contribution in [-0.4, -0.2) is 42.9 Å². The van der Waals surface area contributed by atoms with Crippen molar-refractivity contribution in [1.29, 1.82) is 0 Å². The highest BCUT2D eigenvalue weighted by molar-refractivity contribution is 5.14. The van der Waals surface area contributed by atoms with Gasteiger partial charge in [-0.1, -0.05) is 30.3 Å². The Morgan fingerprint density at radius 3 is 2.88 bits per heavy atom. The highest BCUT2D eigenvalue weighted by Crippen LogP contribution is 2.18. The monoisotopic (exact) mass is 235 g/mol. The fourth-order valence-corrected chi connectivity index (χ4v) is 2.35. The SMILES string of the molecule is OCCOC[C@@H]1CCN(Cc2ccccc2)C1. The van der Waals surface area contributed by atoms with E-state index in [4.69, 9.17) is 9.84 Å². The highest BCUT2D eigenvalue weighted by atomic mass is 16.5. The van der Waals surface area contributed by atoms with E-state index in [1.54, 1.807) is 0 Å². The molecule has 0 aromatic heterocycles. The van der Waals surface area contributed by atoms with E-state index in [0.717, 1.165) is 26.2 Å². The Bertz CT molecular complexity index is 315. The molecule has 0 radical (unpaired) electrons. The van der Waals surface area contributed by atoms with E-state index in [9.17, 15) is 0 Å². The topological polar surface area (TPSA) is 32.7 Å². The van der Waals surface area contributed by atoms with Gasteiger partial charge in [0.15, 0.2) is 0 Å². The lowest BCUT2D eigenvalue weighted by atomic mass is 10.1. The van der Waals surface area contributed by atoms with Crippen LogP contribution >= 0.6 is 0 Å². The van der Waals surface area contributed by atoms with E-state index < -0.39 is 0 Å². The van der Waals surface area contributed by atoms with Crippen molar-refractivity contribution in [2.75, 3.05) is 32.9 Å². The average Bonchev–Trinajstić information content (AvgIpc) is 2.79. The quantitative estimate of drug-likeness (QED) is 0.759. The number of aliphatic hydroxyl groups excluding tert-OH is 1. The Balaban J connectivity index is 1.71. The van der Waals surface area contributed by atoms with Crippen LogP contribution in [0.2, 0.25) is 0 Å². The highest BCUT2D eigenvalue weighted by Gasteiger charge is 2.22.